The zero-order valence-electron chi connectivity index (χ0n) is 15.3. The third-order valence-corrected chi connectivity index (χ3v) is 6.02. The Hall–Kier alpha value is -2.51. The summed E-state index contributed by atoms with van der Waals surface area (Å²) in [5, 5.41) is 4.25. The van der Waals surface area contributed by atoms with Gasteiger partial charge in [0.05, 0.1) is 28.4 Å². The van der Waals surface area contributed by atoms with Gasteiger partial charge in [-0.3, -0.25) is 4.72 Å². The van der Waals surface area contributed by atoms with Crippen molar-refractivity contribution in [3.05, 3.63) is 58.4 Å². The first-order valence-corrected chi connectivity index (χ1v) is 9.99. The number of anilines is 1. The number of hydrogen-bond acceptors (Lipinski definition) is 5. The first-order chi connectivity index (χ1) is 12.7. The molecule has 6 nitrogen and oxygen atoms in total. The second kappa shape index (κ2) is 7.25. The number of aryl methyl sites for hydroxylation is 3. The first kappa shape index (κ1) is 19.3. The smallest absolute Gasteiger partial charge is 0.262 e. The SMILES string of the molecule is COc1ccc(NS(=O)(=O)c2cc(-c3c(C)noc3C)ccc2C)cc1Cl. The van der Waals surface area contributed by atoms with E-state index in [1.165, 1.54) is 13.2 Å². The molecule has 0 atom stereocenters. The van der Waals surface area contributed by atoms with Crippen molar-refractivity contribution in [3.8, 4) is 16.9 Å². The van der Waals surface area contributed by atoms with E-state index in [0.29, 0.717) is 33.5 Å². The predicted octanol–water partition coefficient (Wildman–Crippen LogP) is 4.73. The number of nitrogens with zero attached hydrogens (tertiary/aromatic N) is 1. The monoisotopic (exact) mass is 406 g/mol. The number of methoxy groups -OCH3 is 1. The number of benzene rings is 2. The van der Waals surface area contributed by atoms with E-state index in [4.69, 9.17) is 20.9 Å². The van der Waals surface area contributed by atoms with Crippen molar-refractivity contribution in [2.75, 3.05) is 11.8 Å². The van der Waals surface area contributed by atoms with Crippen molar-refractivity contribution in [2.24, 2.45) is 0 Å². The second-order valence-corrected chi connectivity index (χ2v) is 8.19. The van der Waals surface area contributed by atoms with Crippen molar-refractivity contribution in [1.29, 1.82) is 0 Å². The molecule has 0 radical (unpaired) electrons. The Labute approximate surface area is 163 Å². The summed E-state index contributed by atoms with van der Waals surface area (Å²) in [6.07, 6.45) is 0. The van der Waals surface area contributed by atoms with Crippen LogP contribution in [0, 0.1) is 20.8 Å². The normalized spacial score (nSPS) is 11.4. The highest BCUT2D eigenvalue weighted by Crippen LogP contribution is 2.32. The molecule has 0 fully saturated rings. The summed E-state index contributed by atoms with van der Waals surface area (Å²) in [5.41, 5.74) is 3.19. The zero-order valence-corrected chi connectivity index (χ0v) is 16.9. The van der Waals surface area contributed by atoms with E-state index < -0.39 is 10.0 Å². The molecule has 0 saturated carbocycles. The molecule has 1 aromatic heterocycles. The molecule has 0 aliphatic carbocycles. The molecule has 142 valence electrons. The number of rotatable bonds is 5. The van der Waals surface area contributed by atoms with E-state index in [0.717, 1.165) is 11.1 Å². The van der Waals surface area contributed by atoms with E-state index in [2.05, 4.69) is 9.88 Å². The third-order valence-electron chi connectivity index (χ3n) is 4.20. The molecule has 3 aromatic rings. The largest absolute Gasteiger partial charge is 0.495 e. The number of sulfonamides is 1. The quantitative estimate of drug-likeness (QED) is 0.662. The first-order valence-electron chi connectivity index (χ1n) is 8.13. The Balaban J connectivity index is 2.02. The van der Waals surface area contributed by atoms with Gasteiger partial charge < -0.3 is 9.26 Å². The van der Waals surface area contributed by atoms with Crippen molar-refractivity contribution < 1.29 is 17.7 Å². The average molecular weight is 407 g/mol. The van der Waals surface area contributed by atoms with E-state index in [9.17, 15) is 8.42 Å². The van der Waals surface area contributed by atoms with Gasteiger partial charge in [0.1, 0.15) is 11.5 Å². The molecular formula is C19H19ClN2O4S. The second-order valence-electron chi connectivity index (χ2n) is 6.13. The summed E-state index contributed by atoms with van der Waals surface area (Å²) in [6.45, 7) is 5.35. The molecule has 1 heterocycles. The van der Waals surface area contributed by atoms with Crippen LogP contribution in [0.4, 0.5) is 5.69 Å². The lowest BCUT2D eigenvalue weighted by Gasteiger charge is -2.13. The number of ether oxygens (including phenoxy) is 1. The topological polar surface area (TPSA) is 81.4 Å². The van der Waals surface area contributed by atoms with Crippen LogP contribution < -0.4 is 9.46 Å². The summed E-state index contributed by atoms with van der Waals surface area (Å²) in [4.78, 5) is 0.173. The van der Waals surface area contributed by atoms with Crippen LogP contribution >= 0.6 is 11.6 Å². The van der Waals surface area contributed by atoms with Crippen LogP contribution in [0.25, 0.3) is 11.1 Å². The molecule has 27 heavy (non-hydrogen) atoms. The summed E-state index contributed by atoms with van der Waals surface area (Å²) in [5.74, 6) is 1.10. The Morgan fingerprint density at radius 2 is 1.85 bits per heavy atom. The lowest BCUT2D eigenvalue weighted by atomic mass is 10.0. The fourth-order valence-corrected chi connectivity index (χ4v) is 4.46. The molecule has 1 N–H and O–H groups in total. The van der Waals surface area contributed by atoms with Gasteiger partial charge in [0.25, 0.3) is 10.0 Å². The Bertz CT molecular complexity index is 1090. The van der Waals surface area contributed by atoms with Gasteiger partial charge in [-0.1, -0.05) is 28.9 Å². The maximum Gasteiger partial charge on any atom is 0.262 e. The maximum atomic E-state index is 13.0. The highest BCUT2D eigenvalue weighted by molar-refractivity contribution is 7.92. The number of aromatic nitrogens is 1. The van der Waals surface area contributed by atoms with Crippen LogP contribution in [-0.2, 0) is 10.0 Å². The lowest BCUT2D eigenvalue weighted by molar-refractivity contribution is 0.393. The van der Waals surface area contributed by atoms with Gasteiger partial charge in [0.2, 0.25) is 0 Å². The Kier molecular flexibility index (Phi) is 5.17. The van der Waals surface area contributed by atoms with Crippen molar-refractivity contribution >= 4 is 27.3 Å². The van der Waals surface area contributed by atoms with Crippen molar-refractivity contribution in [3.63, 3.8) is 0 Å². The van der Waals surface area contributed by atoms with Gasteiger partial charge in [-0.2, -0.15) is 0 Å². The Morgan fingerprint density at radius 3 is 2.44 bits per heavy atom. The lowest BCUT2D eigenvalue weighted by Crippen LogP contribution is -2.14. The predicted molar refractivity (Wildman–Crippen MR) is 105 cm³/mol. The summed E-state index contributed by atoms with van der Waals surface area (Å²) >= 11 is 6.09. The molecular weight excluding hydrogens is 388 g/mol. The molecule has 0 saturated heterocycles. The standard InChI is InChI=1S/C19H19ClN2O4S/c1-11-5-6-14(19-12(2)21-26-13(19)3)9-18(11)27(23,24)22-15-7-8-17(25-4)16(20)10-15/h5-10,22H,1-4H3. The molecule has 0 aliphatic heterocycles. The molecule has 0 spiro atoms. The van der Waals surface area contributed by atoms with Gasteiger partial charge in [-0.05, 0) is 56.2 Å². The van der Waals surface area contributed by atoms with Crippen LogP contribution in [0.1, 0.15) is 17.0 Å². The molecule has 2 aromatic carbocycles. The van der Waals surface area contributed by atoms with Crippen LogP contribution in [-0.4, -0.2) is 20.7 Å². The van der Waals surface area contributed by atoms with E-state index in [1.54, 1.807) is 38.1 Å². The minimum atomic E-state index is -3.82. The Morgan fingerprint density at radius 1 is 1.11 bits per heavy atom. The van der Waals surface area contributed by atoms with Gasteiger partial charge >= 0.3 is 0 Å². The average Bonchev–Trinajstić information content (AvgIpc) is 2.94. The molecule has 3 rings (SSSR count). The van der Waals surface area contributed by atoms with Gasteiger partial charge in [0, 0.05) is 5.56 Å². The van der Waals surface area contributed by atoms with Gasteiger partial charge in [0.15, 0.2) is 0 Å². The number of nitrogens with one attached hydrogen (secondary N) is 1. The molecule has 8 heteroatoms. The molecule has 0 amide bonds. The van der Waals surface area contributed by atoms with Crippen LogP contribution in [0.5, 0.6) is 5.75 Å². The molecule has 0 unspecified atom stereocenters. The van der Waals surface area contributed by atoms with Gasteiger partial charge in [-0.15, -0.1) is 0 Å². The number of halogens is 1. The fraction of sp³-hybridized carbons (Fsp3) is 0.211. The number of hydrogen-bond donors (Lipinski definition) is 1. The summed E-state index contributed by atoms with van der Waals surface area (Å²) in [6, 6.07) is 9.94. The van der Waals surface area contributed by atoms with Gasteiger partial charge in [-0.25, -0.2) is 8.42 Å². The zero-order chi connectivity index (χ0) is 19.8. The molecule has 0 aliphatic rings. The fourth-order valence-electron chi connectivity index (χ4n) is 2.88. The van der Waals surface area contributed by atoms with E-state index in [-0.39, 0.29) is 4.90 Å². The summed E-state index contributed by atoms with van der Waals surface area (Å²) in [7, 11) is -2.33. The minimum Gasteiger partial charge on any atom is -0.495 e. The van der Waals surface area contributed by atoms with Crippen LogP contribution in [0.3, 0.4) is 0 Å². The van der Waals surface area contributed by atoms with E-state index in [1.807, 2.05) is 13.0 Å². The van der Waals surface area contributed by atoms with Crippen LogP contribution in [0.2, 0.25) is 5.02 Å². The van der Waals surface area contributed by atoms with Crippen molar-refractivity contribution in [1.82, 2.24) is 5.16 Å². The van der Waals surface area contributed by atoms with E-state index >= 15 is 0 Å². The summed E-state index contributed by atoms with van der Waals surface area (Å²) < 4.78 is 38.8. The maximum absolute atomic E-state index is 13.0. The minimum absolute atomic E-state index is 0.173. The molecule has 0 bridgehead atoms. The highest BCUT2D eigenvalue weighted by atomic mass is 35.5. The third kappa shape index (κ3) is 3.79. The van der Waals surface area contributed by atoms with Crippen LogP contribution in [0.15, 0.2) is 45.8 Å². The van der Waals surface area contributed by atoms with Crippen molar-refractivity contribution in [2.45, 2.75) is 25.7 Å². The highest BCUT2D eigenvalue weighted by Gasteiger charge is 2.20.